The quantitative estimate of drug-likeness (QED) is 0.0686. The van der Waals surface area contributed by atoms with E-state index in [0.29, 0.717) is 80.0 Å². The summed E-state index contributed by atoms with van der Waals surface area (Å²) in [6.07, 6.45) is 11.4. The normalized spacial score (nSPS) is 26.6. The van der Waals surface area contributed by atoms with Gasteiger partial charge in [0.2, 0.25) is 5.88 Å². The number of aromatic amines is 1. The fourth-order valence-electron chi connectivity index (χ4n) is 13.7. The van der Waals surface area contributed by atoms with Crippen molar-refractivity contribution in [2.45, 2.75) is 125 Å². The maximum atomic E-state index is 14.8. The first kappa shape index (κ1) is 51.0. The zero-order chi connectivity index (χ0) is 52.3. The summed E-state index contributed by atoms with van der Waals surface area (Å²) in [5, 5.41) is 26.8. The number of aryl methyl sites for hydroxylation is 1. The zero-order valence-electron chi connectivity index (χ0n) is 43.6. The Bertz CT molecular complexity index is 3080. The number of rotatable bonds is 12. The lowest BCUT2D eigenvalue weighted by Gasteiger charge is -2.59. The van der Waals surface area contributed by atoms with Crippen molar-refractivity contribution in [3.8, 4) is 5.88 Å². The van der Waals surface area contributed by atoms with Crippen LogP contribution in [-0.4, -0.2) is 140 Å². The lowest BCUT2D eigenvalue weighted by atomic mass is 9.59. The first-order valence-electron chi connectivity index (χ1n) is 27.6. The number of aromatic nitrogens is 2. The Balaban J connectivity index is 0.804. The van der Waals surface area contributed by atoms with Crippen LogP contribution in [0.3, 0.4) is 0 Å². The second kappa shape index (κ2) is 20.5. The number of carbonyl (C=O) groups excluding carboxylic acids is 1. The van der Waals surface area contributed by atoms with Crippen LogP contribution in [0.15, 0.2) is 83.9 Å². The van der Waals surface area contributed by atoms with Crippen molar-refractivity contribution >= 4 is 55.4 Å². The molecule has 2 aliphatic carbocycles. The van der Waals surface area contributed by atoms with Gasteiger partial charge in [0.15, 0.2) is 0 Å². The Morgan fingerprint density at radius 2 is 1.67 bits per heavy atom. The van der Waals surface area contributed by atoms with Gasteiger partial charge in [-0.15, -0.1) is 0 Å². The third-order valence-electron chi connectivity index (χ3n) is 18.3. The number of aliphatic hydroxyl groups is 1. The molecule has 18 nitrogen and oxygen atoms in total. The number of ether oxygens (including phenoxy) is 3. The standard InChI is InChI=1S/C57H71N9O9S/c1-37-5-3-4-6-44(37)51-35-63(40-14-26-73-27-15-40)24-25-64(51)42-32-57(33-42)19-22-62(23-20-57)41-7-9-45(48(30-41)65-47-16-28-74-36-52(47)75-55-50(65)29-39-13-21-58-53(39)60-55)54(67)61-76(71,72)43-8-10-46(49(31-43)66(69)70)59-34-38-11-17-56(2,68)18-12-38/h3-10,13,21,29-31,38,40,42,47,51-52,59,68H,11-12,14-20,22-28,32-36H2,1-2H3,(H,58,60)(H,61,67)/t38?,47-,51-,52-,56?/m0/s1. The third-order valence-corrected chi connectivity index (χ3v) is 19.6. The van der Waals surface area contributed by atoms with Crippen LogP contribution in [-0.2, 0) is 19.5 Å². The first-order valence-corrected chi connectivity index (χ1v) is 29.0. The fourth-order valence-corrected chi connectivity index (χ4v) is 14.7. The molecule has 76 heavy (non-hydrogen) atoms. The highest BCUT2D eigenvalue weighted by atomic mass is 32.2. The lowest BCUT2D eigenvalue weighted by molar-refractivity contribution is -0.384. The molecule has 7 heterocycles. The van der Waals surface area contributed by atoms with Crippen molar-refractivity contribution in [1.29, 1.82) is 0 Å². The topological polar surface area (TPSA) is 208 Å². The largest absolute Gasteiger partial charge is 0.468 e. The highest BCUT2D eigenvalue weighted by Crippen LogP contribution is 2.54. The molecule has 4 saturated heterocycles. The van der Waals surface area contributed by atoms with E-state index in [0.717, 1.165) is 102 Å². The summed E-state index contributed by atoms with van der Waals surface area (Å²) in [4.78, 5) is 44.2. The molecule has 2 aromatic heterocycles. The lowest BCUT2D eigenvalue weighted by Crippen LogP contribution is -2.61. The highest BCUT2D eigenvalue weighted by molar-refractivity contribution is 7.90. The minimum atomic E-state index is -4.62. The van der Waals surface area contributed by atoms with Crippen LogP contribution in [0.2, 0.25) is 0 Å². The summed E-state index contributed by atoms with van der Waals surface area (Å²) in [5.41, 5.74) is 4.94. The van der Waals surface area contributed by atoms with Crippen molar-refractivity contribution in [1.82, 2.24) is 24.5 Å². The number of pyridine rings is 1. The monoisotopic (exact) mass is 1060 g/mol. The fraction of sp³-hybridized carbons (Fsp3) is 0.544. The van der Waals surface area contributed by atoms with Crippen molar-refractivity contribution in [3.05, 3.63) is 106 Å². The van der Waals surface area contributed by atoms with Crippen LogP contribution in [0.1, 0.15) is 105 Å². The Morgan fingerprint density at radius 1 is 0.895 bits per heavy atom. The number of nitro groups is 1. The van der Waals surface area contributed by atoms with Crippen LogP contribution >= 0.6 is 0 Å². The number of benzene rings is 3. The average Bonchev–Trinajstić information content (AvgIpc) is 3.88. The van der Waals surface area contributed by atoms with E-state index < -0.39 is 43.1 Å². The Morgan fingerprint density at radius 3 is 2.45 bits per heavy atom. The maximum absolute atomic E-state index is 14.8. The second-order valence-electron chi connectivity index (χ2n) is 23.1. The third kappa shape index (κ3) is 10.0. The number of H-pyrrole nitrogens is 1. The van der Waals surface area contributed by atoms with Gasteiger partial charge in [-0.2, -0.15) is 4.98 Å². The molecule has 3 atom stereocenters. The van der Waals surface area contributed by atoms with Gasteiger partial charge in [0.25, 0.3) is 21.6 Å². The number of nitro benzene ring substituents is 1. The molecule has 5 aliphatic heterocycles. The van der Waals surface area contributed by atoms with Crippen LogP contribution in [0.4, 0.5) is 28.4 Å². The summed E-state index contributed by atoms with van der Waals surface area (Å²) in [5.74, 6) is -0.304. The molecule has 2 saturated carbocycles. The summed E-state index contributed by atoms with van der Waals surface area (Å²) in [7, 11) is -4.62. The first-order chi connectivity index (χ1) is 36.7. The second-order valence-corrected chi connectivity index (χ2v) is 24.8. The van der Waals surface area contributed by atoms with Gasteiger partial charge in [0.1, 0.15) is 23.1 Å². The number of nitrogens with zero attached hydrogens (tertiary/aromatic N) is 6. The molecule has 0 radical (unpaired) electrons. The smallest absolute Gasteiger partial charge is 0.293 e. The Kier molecular flexibility index (Phi) is 13.8. The number of sulfonamides is 1. The van der Waals surface area contributed by atoms with Crippen LogP contribution in [0.25, 0.3) is 11.0 Å². The molecule has 5 aromatic rings. The molecule has 404 valence electrons. The average molecular weight is 1060 g/mol. The molecule has 3 aromatic carbocycles. The van der Waals surface area contributed by atoms with Crippen LogP contribution < -0.4 is 24.6 Å². The highest BCUT2D eigenvalue weighted by Gasteiger charge is 2.51. The number of hydrogen-bond acceptors (Lipinski definition) is 15. The van der Waals surface area contributed by atoms with Crippen LogP contribution in [0, 0.1) is 28.4 Å². The summed E-state index contributed by atoms with van der Waals surface area (Å²) < 4.78 is 49.0. The molecular formula is C57H71N9O9S. The van der Waals surface area contributed by atoms with Crippen molar-refractivity contribution in [2.24, 2.45) is 11.3 Å². The van der Waals surface area contributed by atoms with E-state index in [1.807, 2.05) is 37.4 Å². The minimum absolute atomic E-state index is 0.120. The summed E-state index contributed by atoms with van der Waals surface area (Å²) in [6.45, 7) is 11.8. The van der Waals surface area contributed by atoms with E-state index in [2.05, 4.69) is 65.8 Å². The van der Waals surface area contributed by atoms with E-state index in [1.54, 1.807) is 6.07 Å². The molecule has 12 rings (SSSR count). The molecule has 19 heteroatoms. The van der Waals surface area contributed by atoms with E-state index in [-0.39, 0.29) is 28.6 Å². The summed E-state index contributed by atoms with van der Waals surface area (Å²) >= 11 is 0. The van der Waals surface area contributed by atoms with Crippen LogP contribution in [0.5, 0.6) is 5.88 Å². The Labute approximate surface area is 444 Å². The van der Waals surface area contributed by atoms with Crippen molar-refractivity contribution < 1.29 is 37.5 Å². The number of anilines is 4. The van der Waals surface area contributed by atoms with Gasteiger partial charge in [0, 0.05) is 101 Å². The minimum Gasteiger partial charge on any atom is -0.468 e. The number of nitrogens with one attached hydrogen (secondary N) is 3. The van der Waals surface area contributed by atoms with Gasteiger partial charge in [-0.3, -0.25) is 24.7 Å². The van der Waals surface area contributed by atoms with E-state index >= 15 is 0 Å². The predicted octanol–water partition coefficient (Wildman–Crippen LogP) is 8.23. The van der Waals surface area contributed by atoms with Gasteiger partial charge in [-0.1, -0.05) is 24.3 Å². The van der Waals surface area contributed by atoms with Crippen molar-refractivity contribution in [2.75, 3.05) is 80.8 Å². The molecular weight excluding hydrogens is 987 g/mol. The van der Waals surface area contributed by atoms with E-state index in [9.17, 15) is 28.4 Å². The van der Waals surface area contributed by atoms with E-state index in [1.165, 1.54) is 36.1 Å². The van der Waals surface area contributed by atoms with Crippen molar-refractivity contribution in [3.63, 3.8) is 0 Å². The predicted molar refractivity (Wildman–Crippen MR) is 290 cm³/mol. The van der Waals surface area contributed by atoms with Gasteiger partial charge in [-0.05, 0) is 149 Å². The number of piperidine rings is 1. The summed E-state index contributed by atoms with van der Waals surface area (Å²) in [6, 6.07) is 23.3. The molecule has 0 unspecified atom stereocenters. The molecule has 7 aliphatic rings. The maximum Gasteiger partial charge on any atom is 0.293 e. The number of piperazine rings is 1. The van der Waals surface area contributed by atoms with Gasteiger partial charge in [-0.25, -0.2) is 13.1 Å². The van der Waals surface area contributed by atoms with Gasteiger partial charge >= 0.3 is 0 Å². The van der Waals surface area contributed by atoms with Gasteiger partial charge < -0.3 is 39.4 Å². The molecule has 1 amide bonds. The number of hydrogen-bond donors (Lipinski definition) is 4. The number of carbonyl (C=O) groups is 1. The SMILES string of the molecule is Cc1ccccc1[C@@H]1CN(C2CCOCC2)CCN1C1CC2(CCN(c3ccc(C(=O)NS(=O)(=O)c4ccc(NCC5CCC(C)(O)CC5)c([N+](=O)[O-])c4)c(N4c5cc6cc[nH]c6nc5O[C@H]5COCC[C@@H]54)c3)CC2)C1. The zero-order valence-corrected chi connectivity index (χ0v) is 44.4. The molecule has 4 N–H and O–H groups in total. The number of amides is 1. The molecule has 1 spiro atoms. The van der Waals surface area contributed by atoms with E-state index in [4.69, 9.17) is 19.2 Å². The Hall–Kier alpha value is -5.83. The molecule has 0 bridgehead atoms. The number of fused-ring (bicyclic) bond motifs is 3. The van der Waals surface area contributed by atoms with Gasteiger partial charge in [0.05, 0.1) is 39.3 Å². The molecule has 6 fully saturated rings.